The van der Waals surface area contributed by atoms with Crippen LogP contribution in [0.15, 0.2) is 23.4 Å². The number of piperidine rings is 1. The number of likely N-dealkylation sites (tertiary alicyclic amines) is 1. The molecule has 3 N–H and O–H groups in total. The molecule has 2 aliphatic rings. The molecule has 0 atom stereocenters. The van der Waals surface area contributed by atoms with Crippen molar-refractivity contribution in [2.45, 2.75) is 70.5 Å². The highest BCUT2D eigenvalue weighted by Gasteiger charge is 2.26. The van der Waals surface area contributed by atoms with E-state index in [1.165, 1.54) is 6.07 Å². The number of nitrogens with two attached hydrogens (primary N) is 1. The normalized spacial score (nSPS) is 19.8. The number of nitrogens with zero attached hydrogens (tertiary/aromatic N) is 2. The zero-order valence-corrected chi connectivity index (χ0v) is 18.1. The van der Waals surface area contributed by atoms with Gasteiger partial charge in [0.1, 0.15) is 11.9 Å². The molecule has 0 spiro atoms. The van der Waals surface area contributed by atoms with Gasteiger partial charge in [-0.1, -0.05) is 11.2 Å². The molecule has 3 rings (SSSR count). The summed E-state index contributed by atoms with van der Waals surface area (Å²) in [6.45, 7) is 4.89. The Morgan fingerprint density at radius 1 is 1.19 bits per heavy atom. The summed E-state index contributed by atoms with van der Waals surface area (Å²) >= 11 is 0. The predicted molar refractivity (Wildman–Crippen MR) is 116 cm³/mol. The number of benzene rings is 1. The second-order valence-corrected chi connectivity index (χ2v) is 8.38. The quantitative estimate of drug-likeness (QED) is 0.672. The lowest BCUT2D eigenvalue weighted by Gasteiger charge is -2.31. The molecule has 0 radical (unpaired) electrons. The van der Waals surface area contributed by atoms with Crippen LogP contribution in [0.1, 0.15) is 63.9 Å². The van der Waals surface area contributed by atoms with E-state index in [0.717, 1.165) is 49.8 Å². The van der Waals surface area contributed by atoms with Crippen molar-refractivity contribution in [3.05, 3.63) is 29.6 Å². The Bertz CT molecular complexity index is 812. The van der Waals surface area contributed by atoms with Gasteiger partial charge in [-0.05, 0) is 63.1 Å². The van der Waals surface area contributed by atoms with E-state index in [1.54, 1.807) is 11.0 Å². The van der Waals surface area contributed by atoms with Crippen LogP contribution in [0.25, 0.3) is 0 Å². The first-order valence-electron chi connectivity index (χ1n) is 10.8. The summed E-state index contributed by atoms with van der Waals surface area (Å²) in [4.78, 5) is 30.3. The smallest absolute Gasteiger partial charge is 0.410 e. The molecule has 1 aromatic rings. The van der Waals surface area contributed by atoms with Crippen molar-refractivity contribution in [3.63, 3.8) is 0 Å². The monoisotopic (exact) mass is 434 g/mol. The zero-order valence-electron chi connectivity index (χ0n) is 18.1. The number of urea groups is 1. The molecule has 0 aromatic heterocycles. The molecule has 3 amide bonds. The van der Waals surface area contributed by atoms with Crippen LogP contribution in [-0.2, 0) is 9.57 Å². The molecule has 9 heteroatoms. The number of primary amides is 1. The molecular weight excluding hydrogens is 403 g/mol. The Balaban J connectivity index is 1.43. The van der Waals surface area contributed by atoms with Gasteiger partial charge in [0.05, 0.1) is 17.5 Å². The van der Waals surface area contributed by atoms with E-state index < -0.39 is 11.8 Å². The molecule has 170 valence electrons. The fourth-order valence-corrected chi connectivity index (χ4v) is 3.96. The fourth-order valence-electron chi connectivity index (χ4n) is 3.96. The first kappa shape index (κ1) is 22.8. The van der Waals surface area contributed by atoms with Gasteiger partial charge in [0.2, 0.25) is 0 Å². The molecule has 1 aromatic carbocycles. The van der Waals surface area contributed by atoms with Crippen molar-refractivity contribution in [2.24, 2.45) is 10.9 Å². The van der Waals surface area contributed by atoms with Crippen LogP contribution in [0.4, 0.5) is 19.7 Å². The van der Waals surface area contributed by atoms with Crippen LogP contribution in [0.5, 0.6) is 0 Å². The lowest BCUT2D eigenvalue weighted by Crippen LogP contribution is -2.41. The Morgan fingerprint density at radius 3 is 2.45 bits per heavy atom. The first-order chi connectivity index (χ1) is 14.8. The summed E-state index contributed by atoms with van der Waals surface area (Å²) in [5.74, 6) is -0.242. The van der Waals surface area contributed by atoms with Crippen molar-refractivity contribution < 1.29 is 23.6 Å². The number of amides is 3. The van der Waals surface area contributed by atoms with Crippen LogP contribution in [0.2, 0.25) is 0 Å². The Hall–Kier alpha value is -2.84. The van der Waals surface area contributed by atoms with E-state index >= 15 is 0 Å². The maximum Gasteiger partial charge on any atom is 0.410 e. The number of carbonyl (C=O) groups is 2. The number of hydrogen-bond donors (Lipinski definition) is 2. The average molecular weight is 435 g/mol. The standard InChI is InChI=1S/C22H31FN4O4/c1-14(2)30-22(29)27-11-9-18(10-12-27)31-26-17-6-3-15(4-7-17)16-5-8-20(19(23)13-16)25-21(24)28/h5,8,13-15,18H,3-4,6-7,9-12H2,1-2H3,(H3,24,25,28). The fraction of sp³-hybridized carbons (Fsp3) is 0.591. The third kappa shape index (κ3) is 6.57. The number of nitrogens with one attached hydrogen (secondary N) is 1. The van der Waals surface area contributed by atoms with Gasteiger partial charge in [0.15, 0.2) is 0 Å². The molecule has 1 saturated heterocycles. The summed E-state index contributed by atoms with van der Waals surface area (Å²) < 4.78 is 19.4. The molecule has 31 heavy (non-hydrogen) atoms. The van der Waals surface area contributed by atoms with Crippen molar-refractivity contribution in [3.8, 4) is 0 Å². The van der Waals surface area contributed by atoms with Gasteiger partial charge < -0.3 is 25.5 Å². The molecule has 2 fully saturated rings. The number of halogens is 1. The lowest BCUT2D eigenvalue weighted by atomic mass is 9.83. The number of ether oxygens (including phenoxy) is 1. The van der Waals surface area contributed by atoms with E-state index in [0.29, 0.717) is 13.1 Å². The van der Waals surface area contributed by atoms with Crippen LogP contribution < -0.4 is 11.1 Å². The second-order valence-electron chi connectivity index (χ2n) is 8.38. The van der Waals surface area contributed by atoms with Gasteiger partial charge in [-0.2, -0.15) is 0 Å². The van der Waals surface area contributed by atoms with Gasteiger partial charge in [0, 0.05) is 25.9 Å². The van der Waals surface area contributed by atoms with Gasteiger partial charge in [-0.3, -0.25) is 0 Å². The summed E-state index contributed by atoms with van der Waals surface area (Å²) in [6.07, 6.45) is 4.41. The van der Waals surface area contributed by atoms with E-state index in [4.69, 9.17) is 15.3 Å². The molecule has 0 unspecified atom stereocenters. The number of anilines is 1. The molecule has 1 aliphatic carbocycles. The number of carbonyl (C=O) groups excluding carboxylic acids is 2. The predicted octanol–water partition coefficient (Wildman–Crippen LogP) is 4.36. The van der Waals surface area contributed by atoms with E-state index in [9.17, 15) is 14.0 Å². The summed E-state index contributed by atoms with van der Waals surface area (Å²) in [5.41, 5.74) is 7.06. The maximum absolute atomic E-state index is 14.2. The van der Waals surface area contributed by atoms with Gasteiger partial charge in [-0.25, -0.2) is 14.0 Å². The molecular formula is C22H31FN4O4. The van der Waals surface area contributed by atoms with E-state index in [-0.39, 0.29) is 29.9 Å². The van der Waals surface area contributed by atoms with E-state index in [2.05, 4.69) is 10.5 Å². The largest absolute Gasteiger partial charge is 0.447 e. The highest BCUT2D eigenvalue weighted by molar-refractivity contribution is 5.88. The van der Waals surface area contributed by atoms with Gasteiger partial charge >= 0.3 is 12.1 Å². The average Bonchev–Trinajstić information content (AvgIpc) is 2.74. The maximum atomic E-state index is 14.2. The van der Waals surface area contributed by atoms with Crippen LogP contribution in [-0.4, -0.2) is 48.0 Å². The minimum absolute atomic E-state index is 0.00715. The molecule has 1 aliphatic heterocycles. The van der Waals surface area contributed by atoms with Crippen LogP contribution in [0.3, 0.4) is 0 Å². The number of hydrogen-bond acceptors (Lipinski definition) is 5. The summed E-state index contributed by atoms with van der Waals surface area (Å²) in [5, 5.41) is 6.64. The van der Waals surface area contributed by atoms with Crippen LogP contribution in [0, 0.1) is 5.82 Å². The summed E-state index contributed by atoms with van der Waals surface area (Å²) in [6, 6.07) is 4.06. The van der Waals surface area contributed by atoms with Crippen molar-refractivity contribution >= 4 is 23.5 Å². The SMILES string of the molecule is CC(C)OC(=O)N1CCC(ON=C2CCC(c3ccc(NC(N)=O)c(F)c3)CC2)CC1. The van der Waals surface area contributed by atoms with Crippen LogP contribution >= 0.6 is 0 Å². The Labute approximate surface area is 181 Å². The van der Waals surface area contributed by atoms with Gasteiger partial charge in [-0.15, -0.1) is 0 Å². The van der Waals surface area contributed by atoms with Crippen molar-refractivity contribution in [1.29, 1.82) is 0 Å². The number of oxime groups is 1. The van der Waals surface area contributed by atoms with Crippen molar-refractivity contribution in [2.75, 3.05) is 18.4 Å². The van der Waals surface area contributed by atoms with Crippen molar-refractivity contribution in [1.82, 2.24) is 4.90 Å². The minimum Gasteiger partial charge on any atom is -0.447 e. The zero-order chi connectivity index (χ0) is 22.4. The molecule has 1 heterocycles. The Morgan fingerprint density at radius 2 is 1.87 bits per heavy atom. The minimum atomic E-state index is -0.786. The third-order valence-corrected chi connectivity index (χ3v) is 5.65. The molecule has 1 saturated carbocycles. The highest BCUT2D eigenvalue weighted by Crippen LogP contribution is 2.33. The second kappa shape index (κ2) is 10.5. The van der Waals surface area contributed by atoms with E-state index in [1.807, 2.05) is 19.9 Å². The molecule has 0 bridgehead atoms. The highest BCUT2D eigenvalue weighted by atomic mass is 19.1. The third-order valence-electron chi connectivity index (χ3n) is 5.65. The lowest BCUT2D eigenvalue weighted by molar-refractivity contribution is 0.00403. The van der Waals surface area contributed by atoms with Gasteiger partial charge in [0.25, 0.3) is 0 Å². The number of rotatable bonds is 5. The topological polar surface area (TPSA) is 106 Å². The Kier molecular flexibility index (Phi) is 7.70. The molecule has 8 nitrogen and oxygen atoms in total. The first-order valence-corrected chi connectivity index (χ1v) is 10.8. The summed E-state index contributed by atoms with van der Waals surface area (Å²) in [7, 11) is 0.